The SMILES string of the molecule is N#Cc1cc(N)c(NC2CCOCC2)cn1. The van der Waals surface area contributed by atoms with E-state index in [4.69, 9.17) is 15.7 Å². The molecule has 2 rings (SSSR count). The number of hydrogen-bond donors (Lipinski definition) is 2. The molecular weight excluding hydrogens is 204 g/mol. The standard InChI is InChI=1S/C11H14N4O/c12-6-9-5-10(13)11(7-14-9)15-8-1-3-16-4-2-8/h5,7-8,15H,1-4H2,(H2,13,14). The molecule has 3 N–H and O–H groups in total. The van der Waals surface area contributed by atoms with Crippen LogP contribution in [0.5, 0.6) is 0 Å². The van der Waals surface area contributed by atoms with Crippen molar-refractivity contribution < 1.29 is 4.74 Å². The Bertz CT molecular complexity index is 407. The van der Waals surface area contributed by atoms with E-state index in [9.17, 15) is 0 Å². The van der Waals surface area contributed by atoms with Gasteiger partial charge in [0.25, 0.3) is 0 Å². The van der Waals surface area contributed by atoms with Crippen LogP contribution in [0, 0.1) is 11.3 Å². The van der Waals surface area contributed by atoms with Crippen LogP contribution < -0.4 is 11.1 Å². The molecule has 1 aromatic rings. The molecule has 16 heavy (non-hydrogen) atoms. The van der Waals surface area contributed by atoms with Crippen molar-refractivity contribution in [1.29, 1.82) is 5.26 Å². The molecule has 0 bridgehead atoms. The van der Waals surface area contributed by atoms with E-state index in [1.165, 1.54) is 0 Å². The van der Waals surface area contributed by atoms with Gasteiger partial charge in [-0.2, -0.15) is 5.26 Å². The fourth-order valence-corrected chi connectivity index (χ4v) is 1.71. The maximum absolute atomic E-state index is 8.67. The van der Waals surface area contributed by atoms with Crippen LogP contribution in [0.25, 0.3) is 0 Å². The molecule has 1 aromatic heterocycles. The third kappa shape index (κ3) is 2.41. The van der Waals surface area contributed by atoms with Crippen molar-refractivity contribution in [3.05, 3.63) is 18.0 Å². The number of nitriles is 1. The number of aromatic nitrogens is 1. The molecule has 0 amide bonds. The monoisotopic (exact) mass is 218 g/mol. The van der Waals surface area contributed by atoms with E-state index in [2.05, 4.69) is 10.3 Å². The normalized spacial score (nSPS) is 16.7. The maximum atomic E-state index is 8.67. The minimum Gasteiger partial charge on any atom is -0.397 e. The molecule has 0 atom stereocenters. The van der Waals surface area contributed by atoms with Gasteiger partial charge in [0.1, 0.15) is 11.8 Å². The van der Waals surface area contributed by atoms with E-state index >= 15 is 0 Å². The summed E-state index contributed by atoms with van der Waals surface area (Å²) in [5, 5.41) is 12.0. The minimum absolute atomic E-state index is 0.343. The van der Waals surface area contributed by atoms with E-state index in [0.717, 1.165) is 31.7 Å². The van der Waals surface area contributed by atoms with E-state index < -0.39 is 0 Å². The molecule has 0 spiro atoms. The molecule has 0 unspecified atom stereocenters. The number of nitrogens with zero attached hydrogens (tertiary/aromatic N) is 2. The molecule has 1 aliphatic heterocycles. The number of nitrogen functional groups attached to an aromatic ring is 1. The maximum Gasteiger partial charge on any atom is 0.142 e. The number of pyridine rings is 1. The highest BCUT2D eigenvalue weighted by molar-refractivity contribution is 5.66. The Hall–Kier alpha value is -1.80. The van der Waals surface area contributed by atoms with Gasteiger partial charge in [0.2, 0.25) is 0 Å². The van der Waals surface area contributed by atoms with E-state index in [-0.39, 0.29) is 0 Å². The van der Waals surface area contributed by atoms with Gasteiger partial charge >= 0.3 is 0 Å². The van der Waals surface area contributed by atoms with Crippen molar-refractivity contribution in [2.24, 2.45) is 0 Å². The first-order valence-electron chi connectivity index (χ1n) is 5.29. The van der Waals surface area contributed by atoms with Crippen molar-refractivity contribution >= 4 is 11.4 Å². The number of anilines is 2. The van der Waals surface area contributed by atoms with Crippen LogP contribution in [0.2, 0.25) is 0 Å². The Balaban J connectivity index is 2.06. The van der Waals surface area contributed by atoms with Crippen molar-refractivity contribution in [1.82, 2.24) is 4.98 Å². The molecule has 1 fully saturated rings. The van der Waals surface area contributed by atoms with Crippen LogP contribution in [0.1, 0.15) is 18.5 Å². The van der Waals surface area contributed by atoms with E-state index in [1.807, 2.05) is 6.07 Å². The molecule has 0 saturated carbocycles. The van der Waals surface area contributed by atoms with Gasteiger partial charge in [0.15, 0.2) is 0 Å². The van der Waals surface area contributed by atoms with Crippen LogP contribution in [0.3, 0.4) is 0 Å². The Morgan fingerprint density at radius 3 is 2.88 bits per heavy atom. The minimum atomic E-state index is 0.343. The summed E-state index contributed by atoms with van der Waals surface area (Å²) in [4.78, 5) is 3.99. The zero-order chi connectivity index (χ0) is 11.4. The predicted octanol–water partition coefficient (Wildman–Crippen LogP) is 1.13. The zero-order valence-electron chi connectivity index (χ0n) is 8.94. The van der Waals surface area contributed by atoms with Crippen LogP contribution in [0.15, 0.2) is 12.3 Å². The molecule has 5 heteroatoms. The number of ether oxygens (including phenoxy) is 1. The number of rotatable bonds is 2. The number of hydrogen-bond acceptors (Lipinski definition) is 5. The van der Waals surface area contributed by atoms with Gasteiger partial charge in [-0.15, -0.1) is 0 Å². The smallest absolute Gasteiger partial charge is 0.142 e. The molecule has 5 nitrogen and oxygen atoms in total. The second kappa shape index (κ2) is 4.81. The lowest BCUT2D eigenvalue weighted by atomic mass is 10.1. The van der Waals surface area contributed by atoms with Crippen molar-refractivity contribution in [3.8, 4) is 6.07 Å². The van der Waals surface area contributed by atoms with Crippen LogP contribution in [-0.4, -0.2) is 24.2 Å². The Labute approximate surface area is 94.2 Å². The van der Waals surface area contributed by atoms with Gasteiger partial charge in [-0.25, -0.2) is 4.98 Å². The summed E-state index contributed by atoms with van der Waals surface area (Å²) in [7, 11) is 0. The average molecular weight is 218 g/mol. The molecule has 1 aliphatic rings. The Morgan fingerprint density at radius 2 is 2.25 bits per heavy atom. The number of nitrogens with one attached hydrogen (secondary N) is 1. The lowest BCUT2D eigenvalue weighted by Crippen LogP contribution is -2.28. The van der Waals surface area contributed by atoms with Crippen LogP contribution in [0.4, 0.5) is 11.4 Å². The largest absolute Gasteiger partial charge is 0.397 e. The summed E-state index contributed by atoms with van der Waals surface area (Å²) in [6, 6.07) is 3.93. The molecular formula is C11H14N4O. The molecule has 0 aliphatic carbocycles. The number of nitrogens with two attached hydrogens (primary N) is 1. The summed E-state index contributed by atoms with van der Waals surface area (Å²) < 4.78 is 5.27. The second-order valence-corrected chi connectivity index (χ2v) is 3.80. The van der Waals surface area contributed by atoms with Gasteiger partial charge in [0, 0.05) is 19.3 Å². The van der Waals surface area contributed by atoms with Crippen LogP contribution in [-0.2, 0) is 4.74 Å². The Morgan fingerprint density at radius 1 is 1.50 bits per heavy atom. The highest BCUT2D eigenvalue weighted by Gasteiger charge is 2.14. The average Bonchev–Trinajstić information content (AvgIpc) is 2.33. The molecule has 2 heterocycles. The van der Waals surface area contributed by atoms with Gasteiger partial charge in [-0.05, 0) is 18.9 Å². The van der Waals surface area contributed by atoms with Crippen molar-refractivity contribution in [2.75, 3.05) is 24.3 Å². The van der Waals surface area contributed by atoms with E-state index in [1.54, 1.807) is 12.3 Å². The molecule has 1 saturated heterocycles. The molecule has 0 aromatic carbocycles. The lowest BCUT2D eigenvalue weighted by Gasteiger charge is -2.24. The lowest BCUT2D eigenvalue weighted by molar-refractivity contribution is 0.0904. The third-order valence-electron chi connectivity index (χ3n) is 2.63. The summed E-state index contributed by atoms with van der Waals surface area (Å²) in [6.45, 7) is 1.56. The topological polar surface area (TPSA) is 84.0 Å². The fraction of sp³-hybridized carbons (Fsp3) is 0.455. The van der Waals surface area contributed by atoms with Gasteiger partial charge < -0.3 is 15.8 Å². The zero-order valence-corrected chi connectivity index (χ0v) is 8.94. The Kier molecular flexibility index (Phi) is 3.22. The highest BCUT2D eigenvalue weighted by Crippen LogP contribution is 2.21. The fourth-order valence-electron chi connectivity index (χ4n) is 1.71. The summed E-state index contributed by atoms with van der Waals surface area (Å²) >= 11 is 0. The second-order valence-electron chi connectivity index (χ2n) is 3.80. The first kappa shape index (κ1) is 10.7. The quantitative estimate of drug-likeness (QED) is 0.777. The van der Waals surface area contributed by atoms with Crippen LogP contribution >= 0.6 is 0 Å². The third-order valence-corrected chi connectivity index (χ3v) is 2.63. The highest BCUT2D eigenvalue weighted by atomic mass is 16.5. The van der Waals surface area contributed by atoms with Gasteiger partial charge in [0.05, 0.1) is 17.6 Å². The van der Waals surface area contributed by atoms with Gasteiger partial charge in [-0.1, -0.05) is 0 Å². The summed E-state index contributed by atoms with van der Waals surface area (Å²) in [6.07, 6.45) is 3.56. The van der Waals surface area contributed by atoms with Gasteiger partial charge in [-0.3, -0.25) is 0 Å². The summed E-state index contributed by atoms with van der Waals surface area (Å²) in [5.74, 6) is 0. The van der Waals surface area contributed by atoms with Crippen molar-refractivity contribution in [3.63, 3.8) is 0 Å². The summed E-state index contributed by atoms with van der Waals surface area (Å²) in [5.41, 5.74) is 7.54. The molecule has 0 radical (unpaired) electrons. The predicted molar refractivity (Wildman–Crippen MR) is 60.8 cm³/mol. The van der Waals surface area contributed by atoms with E-state index in [0.29, 0.717) is 17.4 Å². The first-order valence-corrected chi connectivity index (χ1v) is 5.29. The first-order chi connectivity index (χ1) is 7.79. The molecule has 84 valence electrons. The van der Waals surface area contributed by atoms with Crippen molar-refractivity contribution in [2.45, 2.75) is 18.9 Å².